The Morgan fingerprint density at radius 2 is 1.66 bits per heavy atom. The summed E-state index contributed by atoms with van der Waals surface area (Å²) < 4.78 is 5.71. The Hall–Kier alpha value is -4.19. The number of rotatable bonds is 4. The van der Waals surface area contributed by atoms with E-state index in [-0.39, 0.29) is 22.9 Å². The van der Waals surface area contributed by atoms with Gasteiger partial charge in [0.15, 0.2) is 17.1 Å². The van der Waals surface area contributed by atoms with Crippen molar-refractivity contribution in [2.24, 2.45) is 0 Å². The second kappa shape index (κ2) is 7.20. The van der Waals surface area contributed by atoms with E-state index in [1.165, 1.54) is 13.8 Å². The fourth-order valence-electron chi connectivity index (χ4n) is 4.37. The van der Waals surface area contributed by atoms with E-state index in [0.29, 0.717) is 43.6 Å². The quantitative estimate of drug-likeness (QED) is 0.314. The Morgan fingerprint density at radius 3 is 2.34 bits per heavy atom. The third kappa shape index (κ3) is 2.92. The van der Waals surface area contributed by atoms with E-state index in [4.69, 9.17) is 4.52 Å². The maximum absolute atomic E-state index is 12.4. The number of fused-ring (bicyclic) bond motifs is 2. The number of nitrogens with one attached hydrogen (secondary N) is 1. The van der Waals surface area contributed by atoms with Crippen molar-refractivity contribution in [3.8, 4) is 5.75 Å². The van der Waals surface area contributed by atoms with Crippen molar-refractivity contribution in [1.82, 2.24) is 5.16 Å². The van der Waals surface area contributed by atoms with Crippen molar-refractivity contribution in [3.05, 3.63) is 65.4 Å². The number of hydrogen-bond donors (Lipinski definition) is 2. The number of carbonyl (C=O) groups excluding carboxylic acids is 2. The molecule has 6 nitrogen and oxygen atoms in total. The van der Waals surface area contributed by atoms with Crippen LogP contribution in [0.25, 0.3) is 38.2 Å². The standard InChI is InChI=1S/C26H20N2O4/c1-13-7-6-8-16(11-13)27-20-12-19(21(14(2)29)15(3)30)24-23-22(20)25(31)17-9-4-5-10-18(17)26(23)32-28-24/h4-12,27,31H,1-3H3. The molecule has 0 fully saturated rings. The van der Waals surface area contributed by atoms with Crippen LogP contribution in [0.15, 0.2) is 59.1 Å². The van der Waals surface area contributed by atoms with Crippen molar-refractivity contribution in [2.75, 3.05) is 5.32 Å². The molecule has 0 spiro atoms. The van der Waals surface area contributed by atoms with Gasteiger partial charge in [-0.1, -0.05) is 41.6 Å². The molecule has 158 valence electrons. The Morgan fingerprint density at radius 1 is 0.938 bits per heavy atom. The summed E-state index contributed by atoms with van der Waals surface area (Å²) in [5.74, 6) is -0.637. The van der Waals surface area contributed by atoms with Crippen LogP contribution in [-0.4, -0.2) is 21.8 Å². The molecule has 6 heteroatoms. The van der Waals surface area contributed by atoms with Crippen LogP contribution in [0, 0.1) is 6.92 Å². The van der Waals surface area contributed by atoms with Gasteiger partial charge in [-0.2, -0.15) is 0 Å². The fourth-order valence-corrected chi connectivity index (χ4v) is 4.37. The summed E-state index contributed by atoms with van der Waals surface area (Å²) >= 11 is 0. The molecule has 2 N–H and O–H groups in total. The average Bonchev–Trinajstić information content (AvgIpc) is 3.18. The van der Waals surface area contributed by atoms with E-state index in [9.17, 15) is 14.7 Å². The van der Waals surface area contributed by atoms with Crippen LogP contribution in [0.3, 0.4) is 0 Å². The molecule has 5 rings (SSSR count). The van der Waals surface area contributed by atoms with Crippen LogP contribution in [0.1, 0.15) is 19.4 Å². The van der Waals surface area contributed by atoms with Crippen LogP contribution in [0.2, 0.25) is 0 Å². The van der Waals surface area contributed by atoms with Crippen LogP contribution in [0.5, 0.6) is 5.75 Å². The predicted molar refractivity (Wildman–Crippen MR) is 125 cm³/mol. The molecule has 0 radical (unpaired) electrons. The molecule has 1 heterocycles. The Kier molecular flexibility index (Phi) is 4.44. The minimum absolute atomic E-state index is 0.0436. The Balaban J connectivity index is 2.01. The number of hydrogen-bond acceptors (Lipinski definition) is 6. The van der Waals surface area contributed by atoms with Gasteiger partial charge in [0.1, 0.15) is 11.3 Å². The highest BCUT2D eigenvalue weighted by Crippen LogP contribution is 2.44. The zero-order chi connectivity index (χ0) is 22.6. The highest BCUT2D eigenvalue weighted by atomic mass is 16.5. The second-order valence-electron chi connectivity index (χ2n) is 7.96. The summed E-state index contributed by atoms with van der Waals surface area (Å²) in [5, 5.41) is 21.6. The van der Waals surface area contributed by atoms with Crippen molar-refractivity contribution in [2.45, 2.75) is 20.8 Å². The van der Waals surface area contributed by atoms with E-state index in [1.807, 2.05) is 55.5 Å². The van der Waals surface area contributed by atoms with Crippen LogP contribution < -0.4 is 10.5 Å². The van der Waals surface area contributed by atoms with Gasteiger partial charge >= 0.3 is 0 Å². The van der Waals surface area contributed by atoms with Gasteiger partial charge in [0.2, 0.25) is 0 Å². The number of benzene rings is 4. The molecule has 0 atom stereocenters. The molecule has 0 saturated heterocycles. The average molecular weight is 424 g/mol. The lowest BCUT2D eigenvalue weighted by molar-refractivity contribution is -0.116. The van der Waals surface area contributed by atoms with Crippen molar-refractivity contribution in [1.29, 1.82) is 0 Å². The van der Waals surface area contributed by atoms with Crippen molar-refractivity contribution in [3.63, 3.8) is 0 Å². The minimum Gasteiger partial charge on any atom is -0.507 e. The monoisotopic (exact) mass is 424 g/mol. The summed E-state index contributed by atoms with van der Waals surface area (Å²) in [4.78, 5) is 24.8. The Bertz CT molecular complexity index is 1610. The first-order chi connectivity index (χ1) is 15.4. The summed E-state index contributed by atoms with van der Waals surface area (Å²) in [6.07, 6.45) is 0. The zero-order valence-electron chi connectivity index (χ0n) is 17.8. The summed E-state index contributed by atoms with van der Waals surface area (Å²) in [5.41, 5.74) is 3.32. The van der Waals surface area contributed by atoms with Gasteiger partial charge in [0, 0.05) is 21.7 Å². The summed E-state index contributed by atoms with van der Waals surface area (Å²) in [6.45, 7) is 4.70. The number of phenols is 1. The van der Waals surface area contributed by atoms with Crippen LogP contribution in [-0.2, 0) is 9.59 Å². The SMILES string of the molecule is CC(=O)C(C(C)=O)=c1cc(Nc2cccc(C)c2)c2c(O)c3ccccc3c3onc1c23. The number of aryl methyl sites for hydroxylation is 1. The molecule has 0 bridgehead atoms. The van der Waals surface area contributed by atoms with E-state index < -0.39 is 0 Å². The first-order valence-corrected chi connectivity index (χ1v) is 10.2. The Labute approximate surface area is 183 Å². The number of aromatic hydroxyl groups is 1. The van der Waals surface area contributed by atoms with E-state index >= 15 is 0 Å². The normalized spacial score (nSPS) is 11.3. The van der Waals surface area contributed by atoms with E-state index in [2.05, 4.69) is 10.5 Å². The fraction of sp³-hybridized carbons (Fsp3) is 0.115. The molecule has 0 aliphatic heterocycles. The van der Waals surface area contributed by atoms with E-state index in [1.54, 1.807) is 6.07 Å². The number of phenolic OH excluding ortho intramolecular Hbond substituents is 1. The topological polar surface area (TPSA) is 92.4 Å². The van der Waals surface area contributed by atoms with Gasteiger partial charge < -0.3 is 14.9 Å². The molecule has 32 heavy (non-hydrogen) atoms. The second-order valence-corrected chi connectivity index (χ2v) is 7.96. The molecular formula is C26H20N2O4. The molecule has 0 aliphatic rings. The van der Waals surface area contributed by atoms with Gasteiger partial charge in [-0.3, -0.25) is 9.59 Å². The van der Waals surface area contributed by atoms with Gasteiger partial charge in [-0.15, -0.1) is 0 Å². The van der Waals surface area contributed by atoms with E-state index in [0.717, 1.165) is 11.3 Å². The van der Waals surface area contributed by atoms with Crippen molar-refractivity contribution >= 4 is 61.2 Å². The number of aromatic nitrogens is 1. The third-order valence-corrected chi connectivity index (χ3v) is 5.69. The number of Topliss-reactive ketones (excluding diaryl/α,β-unsaturated/α-hetero) is 2. The van der Waals surface area contributed by atoms with Crippen LogP contribution >= 0.6 is 0 Å². The number of anilines is 2. The van der Waals surface area contributed by atoms with Gasteiger partial charge in [-0.25, -0.2) is 0 Å². The smallest absolute Gasteiger partial charge is 0.176 e. The minimum atomic E-state index is -0.358. The molecule has 0 aliphatic carbocycles. The summed E-state index contributed by atoms with van der Waals surface area (Å²) in [7, 11) is 0. The van der Waals surface area contributed by atoms with Gasteiger partial charge in [0.25, 0.3) is 0 Å². The van der Waals surface area contributed by atoms with Gasteiger partial charge in [-0.05, 0) is 44.5 Å². The number of carbonyl (C=O) groups is 2. The lowest BCUT2D eigenvalue weighted by Crippen LogP contribution is -2.19. The predicted octanol–water partition coefficient (Wildman–Crippen LogP) is 4.94. The maximum atomic E-state index is 12.4. The highest BCUT2D eigenvalue weighted by molar-refractivity contribution is 6.41. The lowest BCUT2D eigenvalue weighted by atomic mass is 9.95. The number of nitrogens with zero attached hydrogens (tertiary/aromatic N) is 1. The molecule has 0 saturated carbocycles. The highest BCUT2D eigenvalue weighted by Gasteiger charge is 2.23. The van der Waals surface area contributed by atoms with Gasteiger partial charge in [0.05, 0.1) is 22.0 Å². The molecule has 5 aromatic rings. The first-order valence-electron chi connectivity index (χ1n) is 10.2. The molecule has 0 unspecified atom stereocenters. The molecule has 0 amide bonds. The first kappa shape index (κ1) is 19.8. The maximum Gasteiger partial charge on any atom is 0.176 e. The third-order valence-electron chi connectivity index (χ3n) is 5.69. The molecule has 1 aromatic heterocycles. The molecule has 4 aromatic carbocycles. The largest absolute Gasteiger partial charge is 0.507 e. The molecular weight excluding hydrogens is 404 g/mol. The van der Waals surface area contributed by atoms with Crippen molar-refractivity contribution < 1.29 is 19.2 Å². The lowest BCUT2D eigenvalue weighted by Gasteiger charge is -2.14. The number of ketones is 2. The van der Waals surface area contributed by atoms with Crippen LogP contribution in [0.4, 0.5) is 11.4 Å². The zero-order valence-corrected chi connectivity index (χ0v) is 17.8. The summed E-state index contributed by atoms with van der Waals surface area (Å²) in [6, 6.07) is 16.8.